The Balaban J connectivity index is 1.56. The number of aliphatic hydroxyl groups is 3. The Bertz CT molecular complexity index is 1580. The number of carbonyl (C=O) groups excluding carboxylic acids is 3. The fraction of sp³-hybridized carbons (Fsp3) is 0.830. The lowest BCUT2D eigenvalue weighted by molar-refractivity contribution is -0.302. The van der Waals surface area contributed by atoms with Crippen LogP contribution >= 0.6 is 0 Å². The Morgan fingerprint density at radius 2 is 1.61 bits per heavy atom. The summed E-state index contributed by atoms with van der Waals surface area (Å²) < 4.78 is 30.2. The number of nitrogens with zero attached hydrogens (tertiary/aromatic N) is 2. The number of allylic oxidation sites excluding steroid dienone is 3. The maximum atomic E-state index is 14.5. The lowest BCUT2D eigenvalue weighted by atomic mass is 9.81. The lowest BCUT2D eigenvalue weighted by Gasteiger charge is -2.47. The zero-order valence-corrected chi connectivity index (χ0v) is 38.3. The molecule has 14 heteroatoms. The Hall–Kier alpha value is -2.72. The van der Waals surface area contributed by atoms with Gasteiger partial charge in [-0.15, -0.1) is 0 Å². The van der Waals surface area contributed by atoms with Crippen LogP contribution in [-0.2, 0) is 42.9 Å². The normalized spacial score (nSPS) is 41.0. The Labute approximate surface area is 363 Å². The van der Waals surface area contributed by atoms with Crippen molar-refractivity contribution in [2.45, 2.75) is 180 Å². The molecule has 3 heterocycles. The second kappa shape index (κ2) is 22.3. The molecule has 0 spiro atoms. The van der Waals surface area contributed by atoms with Gasteiger partial charge in [0.2, 0.25) is 5.79 Å². The van der Waals surface area contributed by atoms with Crippen molar-refractivity contribution < 1.29 is 58.2 Å². The number of ether oxygens (including phenoxy) is 5. The summed E-state index contributed by atoms with van der Waals surface area (Å²) in [5.41, 5.74) is 2.55. The first-order valence-corrected chi connectivity index (χ1v) is 23.0. The number of ketones is 1. The summed E-state index contributed by atoms with van der Waals surface area (Å²) in [6.45, 7) is 12.3. The molecule has 2 aliphatic carbocycles. The topological polar surface area (TPSA) is 183 Å². The molecule has 3 aliphatic heterocycles. The van der Waals surface area contributed by atoms with Crippen LogP contribution in [0.25, 0.3) is 0 Å². The van der Waals surface area contributed by atoms with Crippen molar-refractivity contribution >= 4 is 23.4 Å². The van der Waals surface area contributed by atoms with Crippen molar-refractivity contribution in [3.8, 4) is 0 Å². The van der Waals surface area contributed by atoms with Crippen LogP contribution in [0.3, 0.4) is 0 Å². The number of esters is 1. The zero-order valence-electron chi connectivity index (χ0n) is 38.3. The Kier molecular flexibility index (Phi) is 18.0. The molecule has 5 aliphatic rings. The summed E-state index contributed by atoms with van der Waals surface area (Å²) in [7, 11) is 4.71. The number of methoxy groups -OCH3 is 3. The highest BCUT2D eigenvalue weighted by molar-refractivity contribution is 6.39. The molecule has 0 aromatic heterocycles. The fourth-order valence-corrected chi connectivity index (χ4v) is 10.0. The number of rotatable bonds is 9. The van der Waals surface area contributed by atoms with Crippen molar-refractivity contribution in [3.05, 3.63) is 23.3 Å². The van der Waals surface area contributed by atoms with Crippen LogP contribution in [-0.4, -0.2) is 133 Å². The molecule has 4 fully saturated rings. The minimum Gasteiger partial charge on any atom is -0.456 e. The van der Waals surface area contributed by atoms with Crippen molar-refractivity contribution in [2.75, 3.05) is 34.5 Å². The Morgan fingerprint density at radius 3 is 2.26 bits per heavy atom. The smallest absolute Gasteiger partial charge is 0.329 e. The number of carbonyl (C=O) groups is 3. The highest BCUT2D eigenvalue weighted by Gasteiger charge is 2.56. The van der Waals surface area contributed by atoms with Crippen molar-refractivity contribution in [2.24, 2.45) is 40.7 Å². The van der Waals surface area contributed by atoms with E-state index in [0.29, 0.717) is 69.6 Å². The number of cyclic esters (lactones) is 1. The number of amides is 1. The third-order valence-corrected chi connectivity index (χ3v) is 14.1. The number of fused-ring (bicyclic) bond motifs is 3. The molecule has 0 aromatic rings. The quantitative estimate of drug-likeness (QED) is 0.112. The first-order valence-electron chi connectivity index (χ1n) is 23.0. The molecule has 2 bridgehead atoms. The van der Waals surface area contributed by atoms with E-state index in [1.54, 1.807) is 28.3 Å². The van der Waals surface area contributed by atoms with E-state index in [-0.39, 0.29) is 49.7 Å². The number of aliphatic hydroxyl groups excluding tert-OH is 2. The first kappa shape index (κ1) is 49.3. The van der Waals surface area contributed by atoms with Gasteiger partial charge in [-0.05, 0) is 114 Å². The summed E-state index contributed by atoms with van der Waals surface area (Å²) in [4.78, 5) is 50.3. The standard InChI is InChI=1S/C47H76N2O12/c1-10-34-20-27(2)19-28(3)21-40(57-8)43-41(58-9)23-30(5)47(55,61-43)44(52)45(53)49-18-12-11-13-36(49)46(54)60-42(29(4)22-33-16-17-37(50)39(24-33)56-7)31(6)38(51)25-35(34)48-59-26-32-14-15-32/h20,22,28,30-34,36-43,50-51,55H,10-19,21,23-26H2,1-9H3/b27-20+,29-22+,48-35+/t28-,30+,31+,33-,34+,36-,37+,38-,39+,40-,41-,42+,43+,47+/m0/s1. The molecular weight excluding hydrogens is 785 g/mol. The molecule has 0 aromatic carbocycles. The van der Waals surface area contributed by atoms with Gasteiger partial charge in [0.05, 0.1) is 36.2 Å². The molecule has 3 N–H and O–H groups in total. The number of Topliss-reactive ketones (excluding diaryl/α,β-unsaturated/α-hetero) is 1. The minimum atomic E-state index is -2.49. The molecule has 2 saturated heterocycles. The van der Waals surface area contributed by atoms with Gasteiger partial charge in [0.25, 0.3) is 11.7 Å². The van der Waals surface area contributed by atoms with E-state index in [0.717, 1.165) is 24.0 Å². The van der Waals surface area contributed by atoms with Gasteiger partial charge in [-0.1, -0.05) is 50.6 Å². The molecule has 0 radical (unpaired) electrons. The molecule has 14 atom stereocenters. The van der Waals surface area contributed by atoms with Gasteiger partial charge in [-0.3, -0.25) is 9.59 Å². The second-order valence-corrected chi connectivity index (χ2v) is 19.0. The van der Waals surface area contributed by atoms with Gasteiger partial charge in [0.15, 0.2) is 0 Å². The molecule has 346 valence electrons. The molecule has 1 amide bonds. The second-order valence-electron chi connectivity index (χ2n) is 19.0. The largest absolute Gasteiger partial charge is 0.456 e. The average molecular weight is 861 g/mol. The van der Waals surface area contributed by atoms with E-state index in [9.17, 15) is 29.7 Å². The number of hydrogen-bond donors (Lipinski definition) is 3. The maximum Gasteiger partial charge on any atom is 0.329 e. The SMILES string of the molecule is CC[C@@H]1/C=C(\C)C[C@H](C)C[C@H](OC)[C@H]2O[C@@](O)(C(=O)C(=O)N3CCCC[C@H]3C(=O)O[C@H](/C(C)=C/[C@@H]3CC[C@@H](O)[C@H](OC)C3)[C@H](C)[C@@H](O)C/C1=N\OCC1CC1)[C@H](C)C[C@@H]2OC. The molecule has 14 nitrogen and oxygen atoms in total. The van der Waals surface area contributed by atoms with Crippen LogP contribution in [0.5, 0.6) is 0 Å². The zero-order chi connectivity index (χ0) is 44.6. The van der Waals surface area contributed by atoms with Crippen LogP contribution in [0.4, 0.5) is 0 Å². The van der Waals surface area contributed by atoms with E-state index in [2.05, 4.69) is 38.1 Å². The third-order valence-electron chi connectivity index (χ3n) is 14.1. The number of hydrogen-bond acceptors (Lipinski definition) is 13. The summed E-state index contributed by atoms with van der Waals surface area (Å²) in [5, 5.41) is 39.5. The Morgan fingerprint density at radius 1 is 0.918 bits per heavy atom. The maximum absolute atomic E-state index is 14.5. The van der Waals surface area contributed by atoms with Crippen LogP contribution in [0.15, 0.2) is 28.5 Å². The highest BCUT2D eigenvalue weighted by atomic mass is 16.7. The molecule has 2 saturated carbocycles. The van der Waals surface area contributed by atoms with Gasteiger partial charge < -0.3 is 48.7 Å². The fourth-order valence-electron chi connectivity index (χ4n) is 10.0. The first-order chi connectivity index (χ1) is 29.0. The summed E-state index contributed by atoms with van der Waals surface area (Å²) >= 11 is 0. The summed E-state index contributed by atoms with van der Waals surface area (Å²) in [5.74, 6) is -6.32. The number of oxime groups is 1. The van der Waals surface area contributed by atoms with Gasteiger partial charge in [-0.2, -0.15) is 0 Å². The molecule has 61 heavy (non-hydrogen) atoms. The van der Waals surface area contributed by atoms with Crippen molar-refractivity contribution in [1.29, 1.82) is 0 Å². The molecule has 0 unspecified atom stereocenters. The predicted octanol–water partition coefficient (Wildman–Crippen LogP) is 5.69. The lowest BCUT2D eigenvalue weighted by Crippen LogP contribution is -2.64. The molecule has 5 rings (SSSR count). The summed E-state index contributed by atoms with van der Waals surface area (Å²) in [6, 6.07) is -1.11. The monoisotopic (exact) mass is 861 g/mol. The highest BCUT2D eigenvalue weighted by Crippen LogP contribution is 2.39. The van der Waals surface area contributed by atoms with Crippen molar-refractivity contribution in [3.63, 3.8) is 0 Å². The van der Waals surface area contributed by atoms with Gasteiger partial charge in [0.1, 0.15) is 24.9 Å². The predicted molar refractivity (Wildman–Crippen MR) is 229 cm³/mol. The van der Waals surface area contributed by atoms with Gasteiger partial charge >= 0.3 is 5.97 Å². The van der Waals surface area contributed by atoms with Crippen molar-refractivity contribution in [1.82, 2.24) is 4.90 Å². The van der Waals surface area contributed by atoms with E-state index < -0.39 is 77.9 Å². The average Bonchev–Trinajstić information content (AvgIpc) is 4.08. The van der Waals surface area contributed by atoms with E-state index in [1.807, 2.05) is 13.8 Å². The van der Waals surface area contributed by atoms with E-state index in [4.69, 9.17) is 28.5 Å². The third kappa shape index (κ3) is 12.3. The minimum absolute atomic E-state index is 0.0253. The number of piperidine rings is 1. The van der Waals surface area contributed by atoms with Crippen LogP contribution < -0.4 is 0 Å². The van der Waals surface area contributed by atoms with Crippen LogP contribution in [0, 0.1) is 35.5 Å². The van der Waals surface area contributed by atoms with Crippen LogP contribution in [0.1, 0.15) is 125 Å². The van der Waals surface area contributed by atoms with Crippen LogP contribution in [0.2, 0.25) is 0 Å². The van der Waals surface area contributed by atoms with Gasteiger partial charge in [0, 0.05) is 52.0 Å². The van der Waals surface area contributed by atoms with E-state index in [1.165, 1.54) is 4.90 Å². The van der Waals surface area contributed by atoms with E-state index >= 15 is 0 Å². The summed E-state index contributed by atoms with van der Waals surface area (Å²) in [6.07, 6.45) is 7.29. The van der Waals surface area contributed by atoms with Gasteiger partial charge in [-0.25, -0.2) is 4.79 Å². The molecular formula is C47H76N2O12.